The predicted octanol–water partition coefficient (Wildman–Crippen LogP) is 3.72. The number of carbonyl (C=O) groups excluding carboxylic acids is 2. The molecule has 134 valence electrons. The van der Waals surface area contributed by atoms with Crippen LogP contribution >= 0.6 is 11.6 Å². The molecule has 3 rings (SSSR count). The van der Waals surface area contributed by atoms with Crippen LogP contribution in [0.5, 0.6) is 5.75 Å². The number of rotatable bonds is 5. The second-order valence-corrected chi connectivity index (χ2v) is 5.85. The Bertz CT molecular complexity index is 973. The molecule has 1 N–H and O–H groups in total. The molecule has 0 saturated heterocycles. The molecule has 0 aliphatic carbocycles. The zero-order valence-corrected chi connectivity index (χ0v) is 14.8. The van der Waals surface area contributed by atoms with Crippen LogP contribution in [0.4, 0.5) is 0 Å². The fourth-order valence-electron chi connectivity index (χ4n) is 2.13. The van der Waals surface area contributed by atoms with Gasteiger partial charge in [0.05, 0.1) is 17.3 Å². The molecule has 27 heavy (non-hydrogen) atoms. The summed E-state index contributed by atoms with van der Waals surface area (Å²) in [6.07, 6.45) is 4.52. The summed E-state index contributed by atoms with van der Waals surface area (Å²) < 4.78 is 5.29. The lowest BCUT2D eigenvalue weighted by Gasteiger charge is -2.05. The third kappa shape index (κ3) is 5.23. The number of benzene rings is 2. The Labute approximate surface area is 160 Å². The Morgan fingerprint density at radius 2 is 1.81 bits per heavy atom. The van der Waals surface area contributed by atoms with Crippen molar-refractivity contribution in [3.63, 3.8) is 0 Å². The first-order chi connectivity index (χ1) is 13.1. The van der Waals surface area contributed by atoms with Gasteiger partial charge in [-0.1, -0.05) is 17.7 Å². The van der Waals surface area contributed by atoms with Gasteiger partial charge in [0, 0.05) is 17.4 Å². The van der Waals surface area contributed by atoms with E-state index in [9.17, 15) is 9.59 Å². The van der Waals surface area contributed by atoms with Crippen LogP contribution in [0.1, 0.15) is 26.3 Å². The minimum Gasteiger partial charge on any atom is -0.423 e. The number of amides is 1. The van der Waals surface area contributed by atoms with Crippen molar-refractivity contribution in [1.82, 2.24) is 10.4 Å². The van der Waals surface area contributed by atoms with Gasteiger partial charge in [-0.2, -0.15) is 5.10 Å². The number of pyridine rings is 1. The molecule has 0 aliphatic heterocycles. The molecule has 1 aromatic heterocycles. The maximum Gasteiger partial charge on any atom is 0.343 e. The van der Waals surface area contributed by atoms with Crippen LogP contribution < -0.4 is 10.2 Å². The summed E-state index contributed by atoms with van der Waals surface area (Å²) in [6.45, 7) is 0. The van der Waals surface area contributed by atoms with E-state index in [2.05, 4.69) is 15.5 Å². The van der Waals surface area contributed by atoms with Gasteiger partial charge in [-0.05, 0) is 60.2 Å². The molecule has 0 unspecified atom stereocenters. The van der Waals surface area contributed by atoms with Crippen molar-refractivity contribution in [3.05, 3.63) is 94.8 Å². The van der Waals surface area contributed by atoms with Gasteiger partial charge in [-0.15, -0.1) is 0 Å². The summed E-state index contributed by atoms with van der Waals surface area (Å²) in [6, 6.07) is 16.5. The first kappa shape index (κ1) is 18.3. The summed E-state index contributed by atoms with van der Waals surface area (Å²) >= 11 is 5.87. The zero-order chi connectivity index (χ0) is 19.1. The van der Waals surface area contributed by atoms with Crippen LogP contribution in [-0.4, -0.2) is 23.1 Å². The minimum atomic E-state index is -0.498. The highest BCUT2D eigenvalue weighted by atomic mass is 35.5. The van der Waals surface area contributed by atoms with Crippen molar-refractivity contribution in [3.8, 4) is 5.75 Å². The van der Waals surface area contributed by atoms with Crippen molar-refractivity contribution in [2.75, 3.05) is 0 Å². The van der Waals surface area contributed by atoms with Crippen LogP contribution in [0.3, 0.4) is 0 Å². The fraction of sp³-hybridized carbons (Fsp3) is 0. The molecule has 0 saturated carbocycles. The zero-order valence-electron chi connectivity index (χ0n) is 14.0. The first-order valence-corrected chi connectivity index (χ1v) is 8.31. The van der Waals surface area contributed by atoms with E-state index in [0.29, 0.717) is 21.9 Å². The largest absolute Gasteiger partial charge is 0.423 e. The molecule has 2 aromatic carbocycles. The molecule has 0 fully saturated rings. The van der Waals surface area contributed by atoms with Crippen molar-refractivity contribution in [2.24, 2.45) is 5.10 Å². The number of hydrogen-bond donors (Lipinski definition) is 1. The van der Waals surface area contributed by atoms with E-state index in [0.717, 1.165) is 5.56 Å². The van der Waals surface area contributed by atoms with Gasteiger partial charge >= 0.3 is 5.97 Å². The summed E-state index contributed by atoms with van der Waals surface area (Å²) in [7, 11) is 0. The number of halogens is 1. The molecule has 0 aliphatic rings. The highest BCUT2D eigenvalue weighted by Crippen LogP contribution is 2.16. The quantitative estimate of drug-likeness (QED) is 0.317. The lowest BCUT2D eigenvalue weighted by Crippen LogP contribution is -2.17. The standard InChI is InChI=1S/C20H14ClN3O3/c21-17-5-1-3-15(11-17)20(26)27-18-8-6-14(7-9-18)12-23-24-19(25)16-4-2-10-22-13-16/h1-13H,(H,24,25)/b23-12+. The molecular weight excluding hydrogens is 366 g/mol. The minimum absolute atomic E-state index is 0.355. The van der Waals surface area contributed by atoms with Gasteiger partial charge < -0.3 is 4.74 Å². The van der Waals surface area contributed by atoms with Crippen molar-refractivity contribution >= 4 is 29.7 Å². The summed E-state index contributed by atoms with van der Waals surface area (Å²) in [5, 5.41) is 4.35. The highest BCUT2D eigenvalue weighted by Gasteiger charge is 2.08. The van der Waals surface area contributed by atoms with Gasteiger partial charge in [-0.25, -0.2) is 10.2 Å². The van der Waals surface area contributed by atoms with E-state index in [1.54, 1.807) is 60.8 Å². The molecule has 0 bridgehead atoms. The van der Waals surface area contributed by atoms with Gasteiger partial charge in [0.1, 0.15) is 5.75 Å². The molecule has 3 aromatic rings. The van der Waals surface area contributed by atoms with Gasteiger partial charge in [0.25, 0.3) is 5.91 Å². The van der Waals surface area contributed by atoms with E-state index in [1.807, 2.05) is 0 Å². The summed E-state index contributed by atoms with van der Waals surface area (Å²) in [4.78, 5) is 27.8. The topological polar surface area (TPSA) is 80.6 Å². The van der Waals surface area contributed by atoms with E-state index in [4.69, 9.17) is 16.3 Å². The molecule has 6 nitrogen and oxygen atoms in total. The Morgan fingerprint density at radius 1 is 1.04 bits per heavy atom. The molecule has 0 atom stereocenters. The van der Waals surface area contributed by atoms with E-state index in [1.165, 1.54) is 18.5 Å². The van der Waals surface area contributed by atoms with E-state index in [-0.39, 0.29) is 5.91 Å². The number of ether oxygens (including phenoxy) is 1. The maximum absolute atomic E-state index is 12.1. The van der Waals surface area contributed by atoms with Crippen LogP contribution in [-0.2, 0) is 0 Å². The Balaban J connectivity index is 1.57. The number of aromatic nitrogens is 1. The van der Waals surface area contributed by atoms with Gasteiger partial charge in [0.2, 0.25) is 0 Å². The van der Waals surface area contributed by atoms with Crippen LogP contribution in [0.15, 0.2) is 78.2 Å². The Morgan fingerprint density at radius 3 is 2.52 bits per heavy atom. The van der Waals surface area contributed by atoms with Crippen molar-refractivity contribution in [1.29, 1.82) is 0 Å². The van der Waals surface area contributed by atoms with Crippen LogP contribution in [0.2, 0.25) is 5.02 Å². The number of hydrazone groups is 1. The number of esters is 1. The third-order valence-electron chi connectivity index (χ3n) is 3.45. The average molecular weight is 380 g/mol. The number of nitrogens with zero attached hydrogens (tertiary/aromatic N) is 2. The van der Waals surface area contributed by atoms with Crippen molar-refractivity contribution < 1.29 is 14.3 Å². The molecular formula is C20H14ClN3O3. The third-order valence-corrected chi connectivity index (χ3v) is 3.69. The smallest absolute Gasteiger partial charge is 0.343 e. The number of hydrogen-bond acceptors (Lipinski definition) is 5. The van der Waals surface area contributed by atoms with Crippen molar-refractivity contribution in [2.45, 2.75) is 0 Å². The number of carbonyl (C=O) groups is 2. The average Bonchev–Trinajstić information content (AvgIpc) is 2.70. The summed E-state index contributed by atoms with van der Waals surface area (Å²) in [5.74, 6) is -0.467. The van der Waals surface area contributed by atoms with E-state index < -0.39 is 5.97 Å². The van der Waals surface area contributed by atoms with Gasteiger partial charge in [0.15, 0.2) is 0 Å². The first-order valence-electron chi connectivity index (χ1n) is 7.93. The van der Waals surface area contributed by atoms with Gasteiger partial charge in [-0.3, -0.25) is 9.78 Å². The molecule has 7 heteroatoms. The molecule has 1 heterocycles. The molecule has 0 spiro atoms. The molecule has 1 amide bonds. The fourth-order valence-corrected chi connectivity index (χ4v) is 2.32. The second kappa shape index (κ2) is 8.73. The highest BCUT2D eigenvalue weighted by molar-refractivity contribution is 6.30. The van der Waals surface area contributed by atoms with Crippen LogP contribution in [0, 0.1) is 0 Å². The molecule has 0 radical (unpaired) electrons. The maximum atomic E-state index is 12.1. The SMILES string of the molecule is O=C(N/N=C/c1ccc(OC(=O)c2cccc(Cl)c2)cc1)c1cccnc1. The Kier molecular flexibility index (Phi) is 5.91. The normalized spacial score (nSPS) is 10.6. The predicted molar refractivity (Wildman–Crippen MR) is 102 cm³/mol. The summed E-state index contributed by atoms with van der Waals surface area (Å²) in [5.41, 5.74) is 3.92. The lowest BCUT2D eigenvalue weighted by molar-refractivity contribution is 0.0734. The number of nitrogens with one attached hydrogen (secondary N) is 1. The lowest BCUT2D eigenvalue weighted by atomic mass is 10.2. The van der Waals surface area contributed by atoms with Crippen LogP contribution in [0.25, 0.3) is 0 Å². The second-order valence-electron chi connectivity index (χ2n) is 5.41. The van der Waals surface area contributed by atoms with E-state index >= 15 is 0 Å². The Hall–Kier alpha value is -3.51. The monoisotopic (exact) mass is 379 g/mol.